The van der Waals surface area contributed by atoms with E-state index >= 15 is 0 Å². The minimum Gasteiger partial charge on any atom is -0.494 e. The van der Waals surface area contributed by atoms with Gasteiger partial charge in [0.1, 0.15) is 5.75 Å². The summed E-state index contributed by atoms with van der Waals surface area (Å²) in [5.74, 6) is 0.0187. The third kappa shape index (κ3) is 6.16. The number of anilines is 2. The molecule has 0 atom stereocenters. The van der Waals surface area contributed by atoms with Crippen LogP contribution in [0.3, 0.4) is 0 Å². The van der Waals surface area contributed by atoms with Crippen LogP contribution in [0.5, 0.6) is 5.75 Å². The van der Waals surface area contributed by atoms with Gasteiger partial charge in [-0.2, -0.15) is 0 Å². The van der Waals surface area contributed by atoms with Gasteiger partial charge in [0, 0.05) is 44.0 Å². The molecule has 1 saturated heterocycles. The second kappa shape index (κ2) is 11.2. The van der Waals surface area contributed by atoms with Crippen LogP contribution < -0.4 is 14.5 Å². The molecule has 6 heteroatoms. The summed E-state index contributed by atoms with van der Waals surface area (Å²) in [7, 11) is 0. The SMILES string of the molecule is O=C(O)c1ccc(N2CCN(c3ccc(OCCCOC4CCCCC4)cc3)CC2)cc1. The first-order valence-electron chi connectivity index (χ1n) is 11.9. The number of hydrogen-bond acceptors (Lipinski definition) is 5. The van der Waals surface area contributed by atoms with Gasteiger partial charge in [0.15, 0.2) is 0 Å². The topological polar surface area (TPSA) is 62.2 Å². The fraction of sp³-hybridized carbons (Fsp3) is 0.500. The summed E-state index contributed by atoms with van der Waals surface area (Å²) in [6.45, 7) is 5.15. The number of benzene rings is 2. The quantitative estimate of drug-likeness (QED) is 0.566. The normalized spacial score (nSPS) is 17.4. The molecule has 0 amide bonds. The van der Waals surface area contributed by atoms with E-state index in [9.17, 15) is 4.79 Å². The summed E-state index contributed by atoms with van der Waals surface area (Å²) in [6, 6.07) is 15.5. The van der Waals surface area contributed by atoms with Crippen LogP contribution in [-0.4, -0.2) is 56.6 Å². The van der Waals surface area contributed by atoms with Crippen molar-refractivity contribution in [2.45, 2.75) is 44.6 Å². The van der Waals surface area contributed by atoms with Crippen molar-refractivity contribution in [3.63, 3.8) is 0 Å². The Morgan fingerprint density at radius 2 is 1.38 bits per heavy atom. The number of carbonyl (C=O) groups is 1. The van der Waals surface area contributed by atoms with Crippen molar-refractivity contribution in [1.82, 2.24) is 0 Å². The molecule has 2 aliphatic rings. The van der Waals surface area contributed by atoms with E-state index in [2.05, 4.69) is 21.9 Å². The summed E-state index contributed by atoms with van der Waals surface area (Å²) in [5, 5.41) is 9.05. The molecule has 172 valence electrons. The number of ether oxygens (including phenoxy) is 2. The fourth-order valence-corrected chi connectivity index (χ4v) is 4.52. The summed E-state index contributed by atoms with van der Waals surface area (Å²) in [5.41, 5.74) is 2.61. The van der Waals surface area contributed by atoms with E-state index in [0.717, 1.165) is 50.6 Å². The zero-order valence-electron chi connectivity index (χ0n) is 18.7. The minimum atomic E-state index is -0.887. The lowest BCUT2D eigenvalue weighted by atomic mass is 9.98. The van der Waals surface area contributed by atoms with Crippen LogP contribution in [-0.2, 0) is 4.74 Å². The van der Waals surface area contributed by atoms with E-state index < -0.39 is 5.97 Å². The van der Waals surface area contributed by atoms with Gasteiger partial charge in [-0.05, 0) is 61.4 Å². The van der Waals surface area contributed by atoms with Gasteiger partial charge >= 0.3 is 5.97 Å². The van der Waals surface area contributed by atoms with Crippen LogP contribution in [0, 0.1) is 0 Å². The third-order valence-corrected chi connectivity index (χ3v) is 6.42. The van der Waals surface area contributed by atoms with Crippen LogP contribution in [0.4, 0.5) is 11.4 Å². The zero-order chi connectivity index (χ0) is 22.2. The minimum absolute atomic E-state index is 0.325. The first-order chi connectivity index (χ1) is 15.7. The molecule has 0 unspecified atom stereocenters. The molecule has 6 nitrogen and oxygen atoms in total. The van der Waals surface area contributed by atoms with E-state index in [1.54, 1.807) is 12.1 Å². The van der Waals surface area contributed by atoms with E-state index in [0.29, 0.717) is 18.3 Å². The number of rotatable bonds is 9. The summed E-state index contributed by atoms with van der Waals surface area (Å²) < 4.78 is 11.9. The number of nitrogens with zero attached hydrogens (tertiary/aromatic N) is 2. The highest BCUT2D eigenvalue weighted by Crippen LogP contribution is 2.24. The summed E-state index contributed by atoms with van der Waals surface area (Å²) in [6.07, 6.45) is 7.80. The highest BCUT2D eigenvalue weighted by Gasteiger charge is 2.18. The van der Waals surface area contributed by atoms with Gasteiger partial charge in [0.05, 0.1) is 24.9 Å². The van der Waals surface area contributed by atoms with Crippen molar-refractivity contribution in [2.24, 2.45) is 0 Å². The predicted octanol–water partition coefficient (Wildman–Crippen LogP) is 4.83. The molecule has 1 aliphatic heterocycles. The van der Waals surface area contributed by atoms with Crippen LogP contribution in [0.25, 0.3) is 0 Å². The van der Waals surface area contributed by atoms with E-state index in [-0.39, 0.29) is 0 Å². The molecule has 2 fully saturated rings. The fourth-order valence-electron chi connectivity index (χ4n) is 4.52. The molecule has 2 aromatic rings. The Morgan fingerprint density at radius 3 is 1.94 bits per heavy atom. The summed E-state index contributed by atoms with van der Waals surface area (Å²) in [4.78, 5) is 15.7. The van der Waals surface area contributed by atoms with Gasteiger partial charge in [-0.15, -0.1) is 0 Å². The molecule has 1 heterocycles. The Kier molecular flexibility index (Phi) is 7.88. The van der Waals surface area contributed by atoms with Crippen molar-refractivity contribution in [1.29, 1.82) is 0 Å². The number of aromatic carboxylic acids is 1. The Balaban J connectivity index is 1.17. The number of hydrogen-bond donors (Lipinski definition) is 1. The Labute approximate surface area is 190 Å². The second-order valence-electron chi connectivity index (χ2n) is 8.65. The molecule has 1 aliphatic carbocycles. The first-order valence-corrected chi connectivity index (χ1v) is 11.9. The third-order valence-electron chi connectivity index (χ3n) is 6.42. The van der Waals surface area contributed by atoms with Gasteiger partial charge < -0.3 is 24.4 Å². The van der Waals surface area contributed by atoms with Crippen LogP contribution in [0.15, 0.2) is 48.5 Å². The second-order valence-corrected chi connectivity index (χ2v) is 8.65. The molecule has 0 spiro atoms. The molecule has 2 aromatic carbocycles. The molecule has 1 saturated carbocycles. The first kappa shape index (κ1) is 22.5. The number of carboxylic acid groups (broad SMARTS) is 1. The van der Waals surface area contributed by atoms with Crippen LogP contribution in [0.1, 0.15) is 48.9 Å². The average molecular weight is 439 g/mol. The smallest absolute Gasteiger partial charge is 0.335 e. The molecular weight excluding hydrogens is 404 g/mol. The van der Waals surface area contributed by atoms with Gasteiger partial charge in [0.25, 0.3) is 0 Å². The molecule has 4 rings (SSSR count). The lowest BCUT2D eigenvalue weighted by molar-refractivity contribution is 0.0226. The lowest BCUT2D eigenvalue weighted by Crippen LogP contribution is -2.46. The van der Waals surface area contributed by atoms with E-state index in [4.69, 9.17) is 14.6 Å². The Morgan fingerprint density at radius 1 is 0.812 bits per heavy atom. The average Bonchev–Trinajstić information content (AvgIpc) is 2.85. The highest BCUT2D eigenvalue weighted by atomic mass is 16.5. The van der Waals surface area contributed by atoms with Gasteiger partial charge in [-0.1, -0.05) is 19.3 Å². The Bertz CT molecular complexity index is 839. The monoisotopic (exact) mass is 438 g/mol. The molecule has 0 aromatic heterocycles. The zero-order valence-corrected chi connectivity index (χ0v) is 18.7. The molecular formula is C26H34N2O4. The highest BCUT2D eigenvalue weighted by molar-refractivity contribution is 5.88. The van der Waals surface area contributed by atoms with Gasteiger partial charge in [-0.3, -0.25) is 0 Å². The van der Waals surface area contributed by atoms with Crippen molar-refractivity contribution in [3.8, 4) is 5.75 Å². The molecule has 32 heavy (non-hydrogen) atoms. The predicted molar refractivity (Wildman–Crippen MR) is 127 cm³/mol. The Hall–Kier alpha value is -2.73. The lowest BCUT2D eigenvalue weighted by Gasteiger charge is -2.37. The van der Waals surface area contributed by atoms with E-state index in [1.807, 2.05) is 24.3 Å². The van der Waals surface area contributed by atoms with Crippen molar-refractivity contribution < 1.29 is 19.4 Å². The largest absolute Gasteiger partial charge is 0.494 e. The maximum absolute atomic E-state index is 11.0. The number of carboxylic acids is 1. The molecule has 0 bridgehead atoms. The van der Waals surface area contributed by atoms with Gasteiger partial charge in [-0.25, -0.2) is 4.79 Å². The van der Waals surface area contributed by atoms with Crippen LogP contribution >= 0.6 is 0 Å². The van der Waals surface area contributed by atoms with Crippen LogP contribution in [0.2, 0.25) is 0 Å². The maximum atomic E-state index is 11.0. The molecule has 1 N–H and O–H groups in total. The van der Waals surface area contributed by atoms with Crippen molar-refractivity contribution in [3.05, 3.63) is 54.1 Å². The van der Waals surface area contributed by atoms with Gasteiger partial charge in [0.2, 0.25) is 0 Å². The number of piperazine rings is 1. The molecule has 0 radical (unpaired) electrons. The van der Waals surface area contributed by atoms with Crippen molar-refractivity contribution in [2.75, 3.05) is 49.2 Å². The maximum Gasteiger partial charge on any atom is 0.335 e. The standard InChI is InChI=1S/C26H34N2O4/c29-26(30)21-7-9-22(10-8-21)27-15-17-28(18-16-27)23-11-13-25(14-12-23)32-20-4-19-31-24-5-2-1-3-6-24/h7-14,24H,1-6,15-20H2,(H,29,30). The summed E-state index contributed by atoms with van der Waals surface area (Å²) >= 11 is 0. The van der Waals surface area contributed by atoms with E-state index in [1.165, 1.54) is 37.8 Å². The van der Waals surface area contributed by atoms with Crippen molar-refractivity contribution >= 4 is 17.3 Å².